The molecule has 1 aromatic carbocycles. The van der Waals surface area contributed by atoms with Gasteiger partial charge in [-0.25, -0.2) is 0 Å². The van der Waals surface area contributed by atoms with Crippen molar-refractivity contribution < 1.29 is 0 Å². The third kappa shape index (κ3) is 1.71. The summed E-state index contributed by atoms with van der Waals surface area (Å²) >= 11 is 0. The van der Waals surface area contributed by atoms with Crippen LogP contribution in [-0.2, 0) is 0 Å². The summed E-state index contributed by atoms with van der Waals surface area (Å²) in [6.45, 7) is 2.22. The number of rotatable bonds is 2. The average Bonchev–Trinajstić information content (AvgIpc) is 3.03. The molecule has 0 saturated carbocycles. The molecule has 0 fully saturated rings. The first-order chi connectivity index (χ1) is 7.93. The number of benzene rings is 1. The molecule has 2 heterocycles. The lowest BCUT2D eigenvalue weighted by molar-refractivity contribution is 0.984. The second-order valence-electron chi connectivity index (χ2n) is 4.25. The molecular formula is C14H16N2. The molecule has 0 atom stereocenters. The van der Waals surface area contributed by atoms with Gasteiger partial charge in [0.25, 0.3) is 0 Å². The van der Waals surface area contributed by atoms with E-state index in [-0.39, 0.29) is 0 Å². The second kappa shape index (κ2) is 4.05. The highest BCUT2D eigenvalue weighted by Crippen LogP contribution is 2.26. The summed E-state index contributed by atoms with van der Waals surface area (Å²) < 4.78 is 0. The van der Waals surface area contributed by atoms with Crippen LogP contribution in [0.3, 0.4) is 0 Å². The largest absolute Gasteiger partial charge is 0.348 e. The van der Waals surface area contributed by atoms with Gasteiger partial charge in [-0.2, -0.15) is 0 Å². The van der Waals surface area contributed by atoms with Crippen molar-refractivity contribution in [1.82, 2.24) is 0 Å². The average molecular weight is 212 g/mol. The lowest BCUT2D eigenvalue weighted by Gasteiger charge is -2.20. The number of hydrogen-bond acceptors (Lipinski definition) is 2. The maximum absolute atomic E-state index is 2.31. The molecule has 16 heavy (non-hydrogen) atoms. The van der Waals surface area contributed by atoms with E-state index in [0.717, 1.165) is 25.9 Å². The van der Waals surface area contributed by atoms with Crippen LogP contribution in [-0.4, -0.2) is 13.1 Å². The Kier molecular flexibility index (Phi) is 2.41. The van der Waals surface area contributed by atoms with Crippen molar-refractivity contribution in [3.8, 4) is 0 Å². The van der Waals surface area contributed by atoms with Crippen molar-refractivity contribution in [3.05, 3.63) is 48.8 Å². The van der Waals surface area contributed by atoms with Crippen LogP contribution in [0.1, 0.15) is 12.8 Å². The van der Waals surface area contributed by atoms with Gasteiger partial charge in [-0.15, -0.1) is 0 Å². The van der Waals surface area contributed by atoms with Crippen molar-refractivity contribution in [2.75, 3.05) is 22.9 Å². The quantitative estimate of drug-likeness (QED) is 0.743. The standard InChI is InChI=1S/C14H16N2/c1-2-9-15(8-1)13-6-5-7-14(12-13)16-10-3-4-11-16/h1,3,5-8,10,12H,2,4,9,11H2. The van der Waals surface area contributed by atoms with Crippen molar-refractivity contribution in [1.29, 1.82) is 0 Å². The first kappa shape index (κ1) is 9.52. The molecule has 3 rings (SSSR count). The summed E-state index contributed by atoms with van der Waals surface area (Å²) in [5, 5.41) is 0. The molecule has 2 nitrogen and oxygen atoms in total. The van der Waals surface area contributed by atoms with Crippen LogP contribution in [0.15, 0.2) is 48.8 Å². The van der Waals surface area contributed by atoms with Gasteiger partial charge < -0.3 is 9.80 Å². The van der Waals surface area contributed by atoms with E-state index in [1.54, 1.807) is 0 Å². The van der Waals surface area contributed by atoms with E-state index in [2.05, 4.69) is 58.6 Å². The Morgan fingerprint density at radius 1 is 0.812 bits per heavy atom. The van der Waals surface area contributed by atoms with Crippen LogP contribution < -0.4 is 9.80 Å². The van der Waals surface area contributed by atoms with Gasteiger partial charge in [0.05, 0.1) is 0 Å². The fraction of sp³-hybridized carbons (Fsp3) is 0.286. The van der Waals surface area contributed by atoms with Crippen LogP contribution in [0.2, 0.25) is 0 Å². The van der Waals surface area contributed by atoms with Gasteiger partial charge in [-0.1, -0.05) is 18.2 Å². The molecular weight excluding hydrogens is 196 g/mol. The maximum atomic E-state index is 2.31. The van der Waals surface area contributed by atoms with Crippen molar-refractivity contribution >= 4 is 11.4 Å². The van der Waals surface area contributed by atoms with Crippen molar-refractivity contribution in [2.24, 2.45) is 0 Å². The molecule has 0 radical (unpaired) electrons. The number of hydrogen-bond donors (Lipinski definition) is 0. The summed E-state index contributed by atoms with van der Waals surface area (Å²) in [6.07, 6.45) is 11.1. The number of nitrogens with zero attached hydrogens (tertiary/aromatic N) is 2. The zero-order chi connectivity index (χ0) is 10.8. The maximum Gasteiger partial charge on any atom is 0.0427 e. The Labute approximate surface area is 96.5 Å². The predicted molar refractivity (Wildman–Crippen MR) is 68.6 cm³/mol. The van der Waals surface area contributed by atoms with Crippen molar-refractivity contribution in [2.45, 2.75) is 12.8 Å². The lowest BCUT2D eigenvalue weighted by Crippen LogP contribution is -2.15. The van der Waals surface area contributed by atoms with Crippen LogP contribution in [0.5, 0.6) is 0 Å². The molecule has 0 saturated heterocycles. The third-order valence-corrected chi connectivity index (χ3v) is 3.14. The molecule has 82 valence electrons. The predicted octanol–water partition coefficient (Wildman–Crippen LogP) is 3.13. The van der Waals surface area contributed by atoms with Crippen LogP contribution in [0, 0.1) is 0 Å². The first-order valence-electron chi connectivity index (χ1n) is 5.90. The number of anilines is 2. The molecule has 0 bridgehead atoms. The summed E-state index contributed by atoms with van der Waals surface area (Å²) in [5.41, 5.74) is 2.60. The highest BCUT2D eigenvalue weighted by molar-refractivity contribution is 5.62. The molecule has 0 amide bonds. The fourth-order valence-corrected chi connectivity index (χ4v) is 2.26. The first-order valence-corrected chi connectivity index (χ1v) is 5.90. The highest BCUT2D eigenvalue weighted by Gasteiger charge is 2.10. The zero-order valence-electron chi connectivity index (χ0n) is 9.34. The highest BCUT2D eigenvalue weighted by atomic mass is 15.1. The van der Waals surface area contributed by atoms with Gasteiger partial charge in [0, 0.05) is 36.9 Å². The molecule has 0 aromatic heterocycles. The molecule has 0 aliphatic carbocycles. The molecule has 0 unspecified atom stereocenters. The summed E-state index contributed by atoms with van der Waals surface area (Å²) in [7, 11) is 0. The van der Waals surface area contributed by atoms with Gasteiger partial charge in [0.2, 0.25) is 0 Å². The van der Waals surface area contributed by atoms with Gasteiger partial charge in [-0.05, 0) is 31.0 Å². The molecule has 2 aliphatic heterocycles. The van der Waals surface area contributed by atoms with Crippen molar-refractivity contribution in [3.63, 3.8) is 0 Å². The van der Waals surface area contributed by atoms with E-state index in [0.29, 0.717) is 0 Å². The summed E-state index contributed by atoms with van der Waals surface area (Å²) in [6, 6.07) is 8.77. The zero-order valence-corrected chi connectivity index (χ0v) is 9.34. The Hall–Kier alpha value is -1.70. The van der Waals surface area contributed by atoms with E-state index < -0.39 is 0 Å². The lowest BCUT2D eigenvalue weighted by atomic mass is 10.2. The second-order valence-corrected chi connectivity index (χ2v) is 4.25. The van der Waals surface area contributed by atoms with Crippen LogP contribution in [0.4, 0.5) is 11.4 Å². The van der Waals surface area contributed by atoms with Crippen LogP contribution in [0.25, 0.3) is 0 Å². The van der Waals surface area contributed by atoms with Gasteiger partial charge in [0.1, 0.15) is 0 Å². The Morgan fingerprint density at radius 3 is 1.81 bits per heavy atom. The van der Waals surface area contributed by atoms with E-state index >= 15 is 0 Å². The van der Waals surface area contributed by atoms with E-state index in [1.165, 1.54) is 11.4 Å². The third-order valence-electron chi connectivity index (χ3n) is 3.14. The van der Waals surface area contributed by atoms with Gasteiger partial charge in [0.15, 0.2) is 0 Å². The Morgan fingerprint density at radius 2 is 1.38 bits per heavy atom. The normalized spacial score (nSPS) is 18.8. The van der Waals surface area contributed by atoms with Crippen LogP contribution >= 0.6 is 0 Å². The fourth-order valence-electron chi connectivity index (χ4n) is 2.26. The van der Waals surface area contributed by atoms with Gasteiger partial charge in [-0.3, -0.25) is 0 Å². The smallest absolute Gasteiger partial charge is 0.0427 e. The van der Waals surface area contributed by atoms with E-state index in [1.807, 2.05) is 0 Å². The topological polar surface area (TPSA) is 6.48 Å². The van der Waals surface area contributed by atoms with E-state index in [4.69, 9.17) is 0 Å². The monoisotopic (exact) mass is 212 g/mol. The minimum absolute atomic E-state index is 1.11. The SMILES string of the molecule is C1=CN(c2cccc(N3C=CCC3)c2)CC1. The Bertz CT molecular complexity index is 397. The molecule has 1 aromatic rings. The minimum atomic E-state index is 1.11. The summed E-state index contributed by atoms with van der Waals surface area (Å²) in [4.78, 5) is 4.62. The minimum Gasteiger partial charge on any atom is -0.348 e. The Balaban J connectivity index is 1.87. The molecule has 2 heteroatoms. The molecule has 0 spiro atoms. The molecule has 0 N–H and O–H groups in total. The molecule has 2 aliphatic rings. The van der Waals surface area contributed by atoms with Gasteiger partial charge >= 0.3 is 0 Å². The summed E-state index contributed by atoms with van der Waals surface area (Å²) in [5.74, 6) is 0. The van der Waals surface area contributed by atoms with E-state index in [9.17, 15) is 0 Å².